The predicted molar refractivity (Wildman–Crippen MR) is 92.6 cm³/mol. The molecule has 0 spiro atoms. The van der Waals surface area contributed by atoms with Gasteiger partial charge in [-0.05, 0) is 25.7 Å². The van der Waals surface area contributed by atoms with Crippen LogP contribution in [0.15, 0.2) is 0 Å². The molecule has 0 unspecified atom stereocenters. The molecule has 2 fully saturated rings. The Bertz CT molecular complexity index is 677. The van der Waals surface area contributed by atoms with Crippen LogP contribution < -0.4 is 10.6 Å². The lowest BCUT2D eigenvalue weighted by Crippen LogP contribution is -2.36. The number of ether oxygens (including phenoxy) is 2. The molecule has 4 rings (SSSR count). The van der Waals surface area contributed by atoms with Crippen LogP contribution in [0.4, 0.5) is 0 Å². The predicted octanol–water partition coefficient (Wildman–Crippen LogP) is 0.391. The molecule has 1 saturated heterocycles. The van der Waals surface area contributed by atoms with Gasteiger partial charge >= 0.3 is 0 Å². The monoisotopic (exact) mass is 362 g/mol. The van der Waals surface area contributed by atoms with Crippen LogP contribution in [0.3, 0.4) is 0 Å². The van der Waals surface area contributed by atoms with Crippen LogP contribution in [0.5, 0.6) is 0 Å². The quantitative estimate of drug-likeness (QED) is 0.763. The number of fused-ring (bicyclic) bond motifs is 1. The van der Waals surface area contributed by atoms with E-state index in [0.717, 1.165) is 43.4 Å². The molecule has 2 aliphatic heterocycles. The van der Waals surface area contributed by atoms with Crippen molar-refractivity contribution in [3.05, 3.63) is 17.0 Å². The summed E-state index contributed by atoms with van der Waals surface area (Å²) in [5, 5.41) is 10.5. The summed E-state index contributed by atoms with van der Waals surface area (Å²) in [6, 6.07) is 0.298. The topological polar surface area (TPSA) is 94.5 Å². The molecule has 3 heterocycles. The number of nitrogens with one attached hydrogen (secondary N) is 2. The normalized spacial score (nSPS) is 20.5. The summed E-state index contributed by atoms with van der Waals surface area (Å²) in [4.78, 5) is 24.7. The van der Waals surface area contributed by atoms with Crippen molar-refractivity contribution < 1.29 is 19.1 Å². The highest BCUT2D eigenvalue weighted by Crippen LogP contribution is 2.23. The molecule has 0 bridgehead atoms. The Morgan fingerprint density at radius 3 is 2.69 bits per heavy atom. The van der Waals surface area contributed by atoms with E-state index in [0.29, 0.717) is 51.3 Å². The molecule has 0 atom stereocenters. The van der Waals surface area contributed by atoms with Crippen molar-refractivity contribution in [1.82, 2.24) is 20.4 Å². The van der Waals surface area contributed by atoms with E-state index in [1.54, 1.807) is 0 Å². The Labute approximate surface area is 152 Å². The van der Waals surface area contributed by atoms with Gasteiger partial charge < -0.3 is 20.1 Å². The minimum atomic E-state index is -0.112. The SMILES string of the molecule is O=C(NC1CC1)c1nn(CCNC(=O)C2CCOCC2)c2c1COCC2. The van der Waals surface area contributed by atoms with E-state index in [2.05, 4.69) is 15.7 Å². The van der Waals surface area contributed by atoms with Crippen LogP contribution in [0, 0.1) is 5.92 Å². The summed E-state index contributed by atoms with van der Waals surface area (Å²) in [7, 11) is 0. The zero-order chi connectivity index (χ0) is 17.9. The Kier molecular flexibility index (Phi) is 5.21. The second-order valence-corrected chi connectivity index (χ2v) is 7.22. The van der Waals surface area contributed by atoms with Crippen molar-refractivity contribution in [2.24, 2.45) is 5.92 Å². The van der Waals surface area contributed by atoms with Crippen molar-refractivity contribution in [1.29, 1.82) is 0 Å². The number of nitrogens with zero attached hydrogens (tertiary/aromatic N) is 2. The molecule has 2 amide bonds. The van der Waals surface area contributed by atoms with Gasteiger partial charge in [-0.15, -0.1) is 0 Å². The third-order valence-corrected chi connectivity index (χ3v) is 5.24. The van der Waals surface area contributed by atoms with Crippen molar-refractivity contribution in [2.45, 2.75) is 51.3 Å². The van der Waals surface area contributed by atoms with E-state index < -0.39 is 0 Å². The van der Waals surface area contributed by atoms with Gasteiger partial charge in [-0.1, -0.05) is 0 Å². The molecule has 0 radical (unpaired) electrons. The molecular formula is C18H26N4O4. The largest absolute Gasteiger partial charge is 0.381 e. The second-order valence-electron chi connectivity index (χ2n) is 7.22. The summed E-state index contributed by atoms with van der Waals surface area (Å²) in [5.74, 6) is 0.0205. The highest BCUT2D eigenvalue weighted by atomic mass is 16.5. The number of hydrogen-bond donors (Lipinski definition) is 2. The number of hydrogen-bond acceptors (Lipinski definition) is 5. The van der Waals surface area contributed by atoms with E-state index in [1.165, 1.54) is 0 Å². The lowest BCUT2D eigenvalue weighted by atomic mass is 9.99. The molecule has 142 valence electrons. The Balaban J connectivity index is 1.38. The number of aromatic nitrogens is 2. The standard InChI is InChI=1S/C18H26N4O4/c23-17(12-3-8-25-9-4-12)19-6-7-22-15-5-10-26-11-14(15)16(21-22)18(24)20-13-1-2-13/h12-13H,1-11H2,(H,19,23)(H,20,24). The van der Waals surface area contributed by atoms with Crippen molar-refractivity contribution in [3.8, 4) is 0 Å². The third kappa shape index (κ3) is 3.91. The summed E-state index contributed by atoms with van der Waals surface area (Å²) >= 11 is 0. The van der Waals surface area contributed by atoms with Crippen LogP contribution >= 0.6 is 0 Å². The first kappa shape index (κ1) is 17.5. The van der Waals surface area contributed by atoms with Gasteiger partial charge in [-0.2, -0.15) is 5.10 Å². The fourth-order valence-electron chi connectivity index (χ4n) is 3.55. The lowest BCUT2D eigenvalue weighted by molar-refractivity contribution is -0.127. The first-order valence-corrected chi connectivity index (χ1v) is 9.55. The van der Waals surface area contributed by atoms with Crippen molar-refractivity contribution >= 4 is 11.8 Å². The molecule has 3 aliphatic rings. The van der Waals surface area contributed by atoms with Gasteiger partial charge in [0.2, 0.25) is 5.91 Å². The van der Waals surface area contributed by atoms with Crippen LogP contribution in [0.25, 0.3) is 0 Å². The maximum absolute atomic E-state index is 12.4. The highest BCUT2D eigenvalue weighted by molar-refractivity contribution is 5.94. The molecule has 1 aromatic rings. The minimum Gasteiger partial charge on any atom is -0.381 e. The van der Waals surface area contributed by atoms with Crippen molar-refractivity contribution in [3.63, 3.8) is 0 Å². The molecule has 1 aromatic heterocycles. The first-order valence-electron chi connectivity index (χ1n) is 9.55. The van der Waals surface area contributed by atoms with E-state index in [4.69, 9.17) is 9.47 Å². The Morgan fingerprint density at radius 1 is 1.12 bits per heavy atom. The second kappa shape index (κ2) is 7.75. The maximum Gasteiger partial charge on any atom is 0.272 e. The van der Waals surface area contributed by atoms with Gasteiger partial charge in [0.1, 0.15) is 0 Å². The van der Waals surface area contributed by atoms with Gasteiger partial charge in [0.05, 0.1) is 19.8 Å². The molecule has 1 saturated carbocycles. The summed E-state index contributed by atoms with van der Waals surface area (Å²) in [6.07, 6.45) is 4.40. The first-order chi connectivity index (χ1) is 12.7. The summed E-state index contributed by atoms with van der Waals surface area (Å²) < 4.78 is 12.7. The zero-order valence-electron chi connectivity index (χ0n) is 15.0. The molecule has 0 aromatic carbocycles. The zero-order valence-corrected chi connectivity index (χ0v) is 15.0. The van der Waals surface area contributed by atoms with Gasteiger partial charge in [0, 0.05) is 49.4 Å². The van der Waals surface area contributed by atoms with Gasteiger partial charge in [-0.3, -0.25) is 14.3 Å². The highest BCUT2D eigenvalue weighted by Gasteiger charge is 2.29. The van der Waals surface area contributed by atoms with Gasteiger partial charge in [-0.25, -0.2) is 0 Å². The average molecular weight is 362 g/mol. The molecule has 8 heteroatoms. The van der Waals surface area contributed by atoms with Gasteiger partial charge in [0.15, 0.2) is 5.69 Å². The number of carbonyl (C=O) groups is 2. The van der Waals surface area contributed by atoms with Crippen LogP contribution in [-0.4, -0.2) is 54.0 Å². The molecule has 2 N–H and O–H groups in total. The van der Waals surface area contributed by atoms with Crippen LogP contribution in [0.1, 0.15) is 47.4 Å². The Morgan fingerprint density at radius 2 is 1.92 bits per heavy atom. The lowest BCUT2D eigenvalue weighted by Gasteiger charge is -2.21. The smallest absolute Gasteiger partial charge is 0.272 e. The minimum absolute atomic E-state index is 0.0450. The molecule has 26 heavy (non-hydrogen) atoms. The third-order valence-electron chi connectivity index (χ3n) is 5.24. The molecule has 1 aliphatic carbocycles. The van der Waals surface area contributed by atoms with Crippen LogP contribution in [0.2, 0.25) is 0 Å². The van der Waals surface area contributed by atoms with Gasteiger partial charge in [0.25, 0.3) is 5.91 Å². The number of amides is 2. The van der Waals surface area contributed by atoms with E-state index >= 15 is 0 Å². The molecule has 8 nitrogen and oxygen atoms in total. The average Bonchev–Trinajstić information content (AvgIpc) is 3.41. The van der Waals surface area contributed by atoms with E-state index in [-0.39, 0.29) is 17.7 Å². The summed E-state index contributed by atoms with van der Waals surface area (Å²) in [6.45, 7) is 3.45. The number of rotatable bonds is 6. The maximum atomic E-state index is 12.4. The fourth-order valence-corrected chi connectivity index (χ4v) is 3.55. The fraction of sp³-hybridized carbons (Fsp3) is 0.722. The van der Waals surface area contributed by atoms with Crippen LogP contribution in [-0.2, 0) is 33.8 Å². The van der Waals surface area contributed by atoms with Crippen molar-refractivity contribution in [2.75, 3.05) is 26.4 Å². The molecular weight excluding hydrogens is 336 g/mol. The van der Waals surface area contributed by atoms with E-state index in [1.807, 2.05) is 4.68 Å². The number of carbonyl (C=O) groups excluding carboxylic acids is 2. The Hall–Kier alpha value is -1.93. The summed E-state index contributed by atoms with van der Waals surface area (Å²) in [5.41, 5.74) is 2.42. The van der Waals surface area contributed by atoms with E-state index in [9.17, 15) is 9.59 Å².